The quantitative estimate of drug-likeness (QED) is 0.831. The number of pyridine rings is 1. The number of aromatic hydroxyl groups is 1. The Bertz CT molecular complexity index is 643. The molecular formula is C11H14N2O6S. The molecular weight excluding hydrogens is 288 g/mol. The van der Waals surface area contributed by atoms with E-state index in [1.54, 1.807) is 0 Å². The minimum Gasteiger partial charge on any atom is -0.503 e. The van der Waals surface area contributed by atoms with Crippen LogP contribution in [0.2, 0.25) is 0 Å². The molecule has 2 rings (SSSR count). The maximum Gasteiger partial charge on any atom is 0.358 e. The summed E-state index contributed by atoms with van der Waals surface area (Å²) in [6.07, 6.45) is 1.21. The van der Waals surface area contributed by atoms with E-state index in [-0.39, 0.29) is 23.9 Å². The van der Waals surface area contributed by atoms with E-state index in [1.165, 1.54) is 13.2 Å². The van der Waals surface area contributed by atoms with Crippen molar-refractivity contribution in [2.45, 2.75) is 12.8 Å². The summed E-state index contributed by atoms with van der Waals surface area (Å²) in [5, 5.41) is 18.7. The first-order valence-corrected chi connectivity index (χ1v) is 7.49. The van der Waals surface area contributed by atoms with E-state index in [4.69, 9.17) is 9.84 Å². The Hall–Kier alpha value is -2.03. The summed E-state index contributed by atoms with van der Waals surface area (Å²) >= 11 is 0. The van der Waals surface area contributed by atoms with Gasteiger partial charge in [0, 0.05) is 12.6 Å². The number of carboxylic acid groups (broad SMARTS) is 1. The standard InChI is InChI=1S/C11H14N2O6S/c1-19-7-6-8(12-9(10(7)14)11(15)16)13-4-2-3-5-20(13,17)18/h6,14H,2-5H2,1H3,(H,15,16). The Morgan fingerprint density at radius 3 is 2.70 bits per heavy atom. The van der Waals surface area contributed by atoms with Gasteiger partial charge in [0.25, 0.3) is 0 Å². The van der Waals surface area contributed by atoms with Crippen molar-refractivity contribution in [1.82, 2.24) is 4.98 Å². The molecule has 0 bridgehead atoms. The normalized spacial score (nSPS) is 17.8. The molecule has 0 saturated carbocycles. The molecule has 0 spiro atoms. The largest absolute Gasteiger partial charge is 0.503 e. The number of methoxy groups -OCH3 is 1. The Morgan fingerprint density at radius 1 is 1.45 bits per heavy atom. The first-order chi connectivity index (χ1) is 9.36. The van der Waals surface area contributed by atoms with Gasteiger partial charge in [-0.2, -0.15) is 0 Å². The second kappa shape index (κ2) is 5.16. The van der Waals surface area contributed by atoms with Crippen molar-refractivity contribution >= 4 is 21.8 Å². The molecule has 1 aliphatic rings. The number of rotatable bonds is 3. The van der Waals surface area contributed by atoms with Crippen molar-refractivity contribution in [2.75, 3.05) is 23.7 Å². The van der Waals surface area contributed by atoms with Crippen molar-refractivity contribution in [1.29, 1.82) is 0 Å². The molecule has 2 heterocycles. The smallest absolute Gasteiger partial charge is 0.358 e. The highest BCUT2D eigenvalue weighted by atomic mass is 32.2. The maximum atomic E-state index is 12.0. The van der Waals surface area contributed by atoms with Gasteiger partial charge in [-0.05, 0) is 12.8 Å². The molecule has 0 aliphatic carbocycles. The summed E-state index contributed by atoms with van der Waals surface area (Å²) in [4.78, 5) is 14.8. The summed E-state index contributed by atoms with van der Waals surface area (Å²) in [6.45, 7) is 0.225. The zero-order valence-corrected chi connectivity index (χ0v) is 11.6. The molecule has 9 heteroatoms. The minimum absolute atomic E-state index is 0.0136. The number of ether oxygens (including phenoxy) is 1. The molecule has 8 nitrogen and oxygen atoms in total. The van der Waals surface area contributed by atoms with Crippen LogP contribution in [-0.4, -0.2) is 49.0 Å². The summed E-state index contributed by atoms with van der Waals surface area (Å²) in [7, 11) is -2.27. The Balaban J connectivity index is 2.57. The van der Waals surface area contributed by atoms with Crippen LogP contribution in [0.25, 0.3) is 0 Å². The summed E-state index contributed by atoms with van der Waals surface area (Å²) < 4.78 is 29.9. The average Bonchev–Trinajstić information content (AvgIpc) is 2.38. The number of anilines is 1. The zero-order chi connectivity index (χ0) is 14.9. The maximum absolute atomic E-state index is 12.0. The third-order valence-electron chi connectivity index (χ3n) is 2.97. The number of carboxylic acids is 1. The van der Waals surface area contributed by atoms with Crippen LogP contribution in [0.3, 0.4) is 0 Å². The lowest BCUT2D eigenvalue weighted by Gasteiger charge is -2.27. The first-order valence-electron chi connectivity index (χ1n) is 5.88. The van der Waals surface area contributed by atoms with Crippen LogP contribution in [0.15, 0.2) is 6.07 Å². The van der Waals surface area contributed by atoms with Gasteiger partial charge in [-0.1, -0.05) is 0 Å². The molecule has 0 amide bonds. The zero-order valence-electron chi connectivity index (χ0n) is 10.7. The number of hydrogen-bond acceptors (Lipinski definition) is 6. The lowest BCUT2D eigenvalue weighted by atomic mass is 10.3. The molecule has 1 aromatic rings. The van der Waals surface area contributed by atoms with Gasteiger partial charge in [-0.25, -0.2) is 18.2 Å². The van der Waals surface area contributed by atoms with Crippen LogP contribution in [-0.2, 0) is 10.0 Å². The predicted octanol–water partition coefficient (Wildman–Crippen LogP) is 0.424. The minimum atomic E-state index is -3.52. The fraction of sp³-hybridized carbons (Fsp3) is 0.455. The van der Waals surface area contributed by atoms with Crippen LogP contribution in [0.5, 0.6) is 11.5 Å². The van der Waals surface area contributed by atoms with E-state index in [1.807, 2.05) is 0 Å². The number of aromatic nitrogens is 1. The third-order valence-corrected chi connectivity index (χ3v) is 4.82. The van der Waals surface area contributed by atoms with Gasteiger partial charge in [-0.15, -0.1) is 0 Å². The molecule has 2 N–H and O–H groups in total. The number of nitrogens with zero attached hydrogens (tertiary/aromatic N) is 2. The second-order valence-corrected chi connectivity index (χ2v) is 6.29. The Morgan fingerprint density at radius 2 is 2.15 bits per heavy atom. The SMILES string of the molecule is COc1cc(N2CCCCS2(=O)=O)nc(C(=O)O)c1O. The number of carbonyl (C=O) groups is 1. The average molecular weight is 302 g/mol. The van der Waals surface area contributed by atoms with Gasteiger partial charge in [-0.3, -0.25) is 4.31 Å². The van der Waals surface area contributed by atoms with Gasteiger partial charge in [0.05, 0.1) is 12.9 Å². The second-order valence-electron chi connectivity index (χ2n) is 4.28. The molecule has 1 aromatic heterocycles. The lowest BCUT2D eigenvalue weighted by Crippen LogP contribution is -2.38. The fourth-order valence-electron chi connectivity index (χ4n) is 1.98. The molecule has 0 atom stereocenters. The van der Waals surface area contributed by atoms with E-state index in [0.29, 0.717) is 12.8 Å². The highest BCUT2D eigenvalue weighted by Crippen LogP contribution is 2.34. The Kier molecular flexibility index (Phi) is 3.71. The third kappa shape index (κ3) is 2.48. The molecule has 0 radical (unpaired) electrons. The van der Waals surface area contributed by atoms with Crippen LogP contribution in [0.1, 0.15) is 23.3 Å². The van der Waals surface area contributed by atoms with Crippen molar-refractivity contribution in [3.8, 4) is 11.5 Å². The number of hydrogen-bond donors (Lipinski definition) is 2. The van der Waals surface area contributed by atoms with Crippen LogP contribution in [0, 0.1) is 0 Å². The molecule has 1 saturated heterocycles. The molecule has 1 aliphatic heterocycles. The van der Waals surface area contributed by atoms with Crippen LogP contribution >= 0.6 is 0 Å². The highest BCUT2D eigenvalue weighted by Gasteiger charge is 2.29. The summed E-state index contributed by atoms with van der Waals surface area (Å²) in [5.74, 6) is -2.29. The number of sulfonamides is 1. The van der Waals surface area contributed by atoms with E-state index >= 15 is 0 Å². The van der Waals surface area contributed by atoms with E-state index in [0.717, 1.165) is 4.31 Å². The van der Waals surface area contributed by atoms with Gasteiger partial charge in [0.15, 0.2) is 17.2 Å². The van der Waals surface area contributed by atoms with Gasteiger partial charge >= 0.3 is 5.97 Å². The van der Waals surface area contributed by atoms with Crippen molar-refractivity contribution in [3.05, 3.63) is 11.8 Å². The first kappa shape index (κ1) is 14.4. The van der Waals surface area contributed by atoms with Crippen molar-refractivity contribution in [2.24, 2.45) is 0 Å². The van der Waals surface area contributed by atoms with E-state index < -0.39 is 27.4 Å². The predicted molar refractivity (Wildman–Crippen MR) is 69.8 cm³/mol. The monoisotopic (exact) mass is 302 g/mol. The van der Waals surface area contributed by atoms with Crippen molar-refractivity contribution < 1.29 is 28.2 Å². The van der Waals surface area contributed by atoms with Crippen LogP contribution < -0.4 is 9.04 Å². The van der Waals surface area contributed by atoms with Gasteiger partial charge < -0.3 is 14.9 Å². The van der Waals surface area contributed by atoms with Crippen LogP contribution in [0.4, 0.5) is 5.82 Å². The molecule has 0 aromatic carbocycles. The molecule has 1 fully saturated rings. The van der Waals surface area contributed by atoms with Gasteiger partial charge in [0.1, 0.15) is 5.82 Å². The Labute approximate surface area is 115 Å². The molecule has 20 heavy (non-hydrogen) atoms. The lowest BCUT2D eigenvalue weighted by molar-refractivity contribution is 0.0686. The van der Waals surface area contributed by atoms with E-state index in [2.05, 4.69) is 4.98 Å². The summed E-state index contributed by atoms with van der Waals surface area (Å²) in [6, 6.07) is 1.21. The fourth-order valence-corrected chi connectivity index (χ4v) is 3.56. The molecule has 0 unspecified atom stereocenters. The summed E-state index contributed by atoms with van der Waals surface area (Å²) in [5.41, 5.74) is -0.639. The van der Waals surface area contributed by atoms with E-state index in [9.17, 15) is 18.3 Å². The van der Waals surface area contributed by atoms with Crippen molar-refractivity contribution in [3.63, 3.8) is 0 Å². The highest BCUT2D eigenvalue weighted by molar-refractivity contribution is 7.92. The topological polar surface area (TPSA) is 117 Å². The van der Waals surface area contributed by atoms with Gasteiger partial charge in [0.2, 0.25) is 10.0 Å². The number of aromatic carboxylic acids is 1. The molecule has 110 valence electrons.